The number of hydrogen-bond donors (Lipinski definition) is 1. The third-order valence-electron chi connectivity index (χ3n) is 5.20. The zero-order valence-corrected chi connectivity index (χ0v) is 16.2. The Hall–Kier alpha value is -2.38. The molecule has 3 rings (SSSR count). The van der Waals surface area contributed by atoms with Gasteiger partial charge in [-0.15, -0.1) is 0 Å². The Morgan fingerprint density at radius 1 is 1.07 bits per heavy atom. The van der Waals surface area contributed by atoms with Crippen LogP contribution in [0.2, 0.25) is 0 Å². The van der Waals surface area contributed by atoms with Crippen LogP contribution in [-0.4, -0.2) is 45.6 Å². The Balaban J connectivity index is 2.09. The summed E-state index contributed by atoms with van der Waals surface area (Å²) in [5.41, 5.74) is 0.0429. The number of aryl methyl sites for hydroxylation is 1. The molecule has 0 saturated heterocycles. The second-order valence-corrected chi connectivity index (χ2v) is 8.88. The first-order valence-corrected chi connectivity index (χ1v) is 10.0. The Kier molecular flexibility index (Phi) is 5.01. The Morgan fingerprint density at radius 2 is 1.67 bits per heavy atom. The van der Waals surface area contributed by atoms with E-state index in [9.17, 15) is 18.3 Å². The molecular formula is C20H22O6S. The number of methoxy groups -OCH3 is 2. The lowest BCUT2D eigenvalue weighted by atomic mass is 10.00. The smallest absolute Gasteiger partial charge is 0.314 e. The molecule has 1 aliphatic carbocycles. The normalized spacial score (nSPS) is 24.4. The first-order valence-electron chi connectivity index (χ1n) is 8.46. The molecule has 0 unspecified atom stereocenters. The maximum Gasteiger partial charge on any atom is 0.314 e. The topological polar surface area (TPSA) is 89.9 Å². The quantitative estimate of drug-likeness (QED) is 0.782. The summed E-state index contributed by atoms with van der Waals surface area (Å²) in [6.07, 6.45) is 0. The van der Waals surface area contributed by atoms with Crippen LogP contribution in [0.15, 0.2) is 53.4 Å². The summed E-state index contributed by atoms with van der Waals surface area (Å²) in [7, 11) is -0.953. The minimum Gasteiger partial charge on any atom is -0.497 e. The van der Waals surface area contributed by atoms with Gasteiger partial charge in [-0.2, -0.15) is 0 Å². The lowest BCUT2D eigenvalue weighted by Crippen LogP contribution is -2.28. The number of carboxylic acid groups (broad SMARTS) is 1. The lowest BCUT2D eigenvalue weighted by molar-refractivity contribution is -0.145. The summed E-state index contributed by atoms with van der Waals surface area (Å²) >= 11 is 0. The molecule has 1 N–H and O–H groups in total. The highest BCUT2D eigenvalue weighted by atomic mass is 32.2. The van der Waals surface area contributed by atoms with E-state index in [1.165, 1.54) is 26.4 Å². The highest BCUT2D eigenvalue weighted by molar-refractivity contribution is 7.92. The number of rotatable bonds is 7. The number of hydrogen-bond acceptors (Lipinski definition) is 5. The van der Waals surface area contributed by atoms with Crippen LogP contribution in [0.3, 0.4) is 0 Å². The van der Waals surface area contributed by atoms with Crippen molar-refractivity contribution in [1.29, 1.82) is 0 Å². The fraction of sp³-hybridized carbons (Fsp3) is 0.350. The van der Waals surface area contributed by atoms with E-state index in [1.54, 1.807) is 36.4 Å². The van der Waals surface area contributed by atoms with E-state index in [2.05, 4.69) is 0 Å². The molecule has 1 saturated carbocycles. The van der Waals surface area contributed by atoms with Gasteiger partial charge >= 0.3 is 5.97 Å². The van der Waals surface area contributed by atoms with Gasteiger partial charge in [0.25, 0.3) is 0 Å². The van der Waals surface area contributed by atoms with E-state index in [1.807, 2.05) is 6.92 Å². The van der Waals surface area contributed by atoms with Crippen LogP contribution in [0.4, 0.5) is 0 Å². The van der Waals surface area contributed by atoms with Crippen molar-refractivity contribution in [2.75, 3.05) is 20.8 Å². The SMILES string of the molecule is COC[C@]1(C(=O)O)[C@H](c2ccc(OC)cc2)[C@@H]1S(=O)(=O)c1ccc(C)cc1. The Bertz CT molecular complexity index is 933. The van der Waals surface area contributed by atoms with Crippen molar-refractivity contribution in [3.63, 3.8) is 0 Å². The van der Waals surface area contributed by atoms with Gasteiger partial charge in [0.15, 0.2) is 9.84 Å². The third kappa shape index (κ3) is 3.11. The number of carbonyl (C=O) groups is 1. The van der Waals surface area contributed by atoms with Crippen LogP contribution >= 0.6 is 0 Å². The predicted molar refractivity (Wildman–Crippen MR) is 99.8 cm³/mol. The van der Waals surface area contributed by atoms with Gasteiger partial charge in [-0.25, -0.2) is 8.42 Å². The molecule has 27 heavy (non-hydrogen) atoms. The highest BCUT2D eigenvalue weighted by Gasteiger charge is 2.76. The van der Waals surface area contributed by atoms with Crippen molar-refractivity contribution in [3.05, 3.63) is 59.7 Å². The first-order chi connectivity index (χ1) is 12.8. The van der Waals surface area contributed by atoms with Crippen LogP contribution in [0.25, 0.3) is 0 Å². The van der Waals surface area contributed by atoms with E-state index in [4.69, 9.17) is 9.47 Å². The molecule has 2 aromatic rings. The van der Waals surface area contributed by atoms with Crippen molar-refractivity contribution >= 4 is 15.8 Å². The van der Waals surface area contributed by atoms with Crippen molar-refractivity contribution < 1.29 is 27.8 Å². The van der Waals surface area contributed by atoms with Gasteiger partial charge in [-0.1, -0.05) is 29.8 Å². The van der Waals surface area contributed by atoms with Crippen LogP contribution in [-0.2, 0) is 19.4 Å². The highest BCUT2D eigenvalue weighted by Crippen LogP contribution is 2.64. The van der Waals surface area contributed by atoms with E-state index in [-0.39, 0.29) is 11.5 Å². The molecule has 6 nitrogen and oxygen atoms in total. The maximum absolute atomic E-state index is 13.3. The van der Waals surface area contributed by atoms with Gasteiger partial charge in [0.05, 0.1) is 23.9 Å². The zero-order valence-electron chi connectivity index (χ0n) is 15.4. The fourth-order valence-corrected chi connectivity index (χ4v) is 6.10. The molecule has 0 bridgehead atoms. The van der Waals surface area contributed by atoms with Gasteiger partial charge < -0.3 is 14.6 Å². The van der Waals surface area contributed by atoms with Crippen LogP contribution in [0.1, 0.15) is 17.0 Å². The molecule has 3 atom stereocenters. The largest absolute Gasteiger partial charge is 0.497 e. The summed E-state index contributed by atoms with van der Waals surface area (Å²) < 4.78 is 36.8. The molecule has 0 radical (unpaired) electrons. The molecule has 1 fully saturated rings. The maximum atomic E-state index is 13.3. The van der Waals surface area contributed by atoms with Gasteiger partial charge in [0.1, 0.15) is 11.2 Å². The van der Waals surface area contributed by atoms with Gasteiger partial charge in [0.2, 0.25) is 0 Å². The number of sulfone groups is 1. The lowest BCUT2D eigenvalue weighted by Gasteiger charge is -2.12. The molecular weight excluding hydrogens is 368 g/mol. The number of benzene rings is 2. The second-order valence-electron chi connectivity index (χ2n) is 6.81. The summed E-state index contributed by atoms with van der Waals surface area (Å²) in [5, 5.41) is 8.82. The average Bonchev–Trinajstić information content (AvgIpc) is 3.33. The standard InChI is InChI=1S/C20H22O6S/c1-13-4-10-16(11-5-13)27(23,24)18-17(20(18,12-25-2)19(21)22)14-6-8-15(26-3)9-7-14/h4-11,17-18H,12H2,1-3H3,(H,21,22)/t17-,18+,20+/m1/s1. The monoisotopic (exact) mass is 390 g/mol. The Labute approximate surface area is 158 Å². The first kappa shape index (κ1) is 19.4. The van der Waals surface area contributed by atoms with Gasteiger partial charge in [-0.05, 0) is 36.8 Å². The second kappa shape index (κ2) is 6.98. The van der Waals surface area contributed by atoms with Crippen LogP contribution < -0.4 is 4.74 Å². The Morgan fingerprint density at radius 3 is 2.15 bits per heavy atom. The fourth-order valence-electron chi connectivity index (χ4n) is 3.75. The van der Waals surface area contributed by atoms with Crippen LogP contribution in [0, 0.1) is 12.3 Å². The number of ether oxygens (including phenoxy) is 2. The predicted octanol–water partition coefficient (Wildman–Crippen LogP) is 2.66. The van der Waals surface area contributed by atoms with Gasteiger partial charge in [0, 0.05) is 13.0 Å². The molecule has 1 aliphatic rings. The zero-order chi connectivity index (χ0) is 19.8. The van der Waals surface area contributed by atoms with E-state index < -0.39 is 32.4 Å². The van der Waals surface area contributed by atoms with E-state index in [0.717, 1.165) is 5.56 Å². The summed E-state index contributed by atoms with van der Waals surface area (Å²) in [5.74, 6) is -1.26. The van der Waals surface area contributed by atoms with Crippen LogP contribution in [0.5, 0.6) is 5.75 Å². The molecule has 0 heterocycles. The molecule has 0 aliphatic heterocycles. The molecule has 0 amide bonds. The molecule has 144 valence electrons. The minimum absolute atomic E-state index is 0.121. The van der Waals surface area contributed by atoms with Crippen molar-refractivity contribution in [1.82, 2.24) is 0 Å². The van der Waals surface area contributed by atoms with E-state index >= 15 is 0 Å². The molecule has 0 aromatic heterocycles. The van der Waals surface area contributed by atoms with Crippen molar-refractivity contribution in [2.24, 2.45) is 5.41 Å². The average molecular weight is 390 g/mol. The van der Waals surface area contributed by atoms with Crippen molar-refractivity contribution in [3.8, 4) is 5.75 Å². The summed E-state index contributed by atoms with van der Waals surface area (Å²) in [6, 6.07) is 13.3. The van der Waals surface area contributed by atoms with E-state index in [0.29, 0.717) is 11.3 Å². The molecule has 0 spiro atoms. The molecule has 7 heteroatoms. The summed E-state index contributed by atoms with van der Waals surface area (Å²) in [6.45, 7) is 1.68. The number of carboxylic acids is 1. The summed E-state index contributed by atoms with van der Waals surface area (Å²) in [4.78, 5) is 12.3. The number of aliphatic carboxylic acids is 1. The third-order valence-corrected chi connectivity index (χ3v) is 7.49. The van der Waals surface area contributed by atoms with Crippen molar-refractivity contribution in [2.45, 2.75) is 23.0 Å². The van der Waals surface area contributed by atoms with Gasteiger partial charge in [-0.3, -0.25) is 4.79 Å². The minimum atomic E-state index is -3.86. The molecule has 2 aromatic carbocycles.